The fourth-order valence-corrected chi connectivity index (χ4v) is 5.88. The fourth-order valence-electron chi connectivity index (χ4n) is 3.82. The number of ketones is 1. The third-order valence-corrected chi connectivity index (χ3v) is 7.93. The molecule has 4 N–H and O–H groups in total. The van der Waals surface area contributed by atoms with Gasteiger partial charge in [-0.2, -0.15) is 8.42 Å². The Balaban J connectivity index is 0.000000235. The molecule has 2 fully saturated rings. The number of amides is 1. The topological polar surface area (TPSA) is 150 Å². The Kier molecular flexibility index (Phi) is 6.99. The fraction of sp³-hybridized carbons (Fsp3) is 0.318. The lowest BCUT2D eigenvalue weighted by molar-refractivity contribution is -0.145. The zero-order chi connectivity index (χ0) is 24.6. The van der Waals surface area contributed by atoms with Crippen molar-refractivity contribution in [3.05, 3.63) is 65.2 Å². The van der Waals surface area contributed by atoms with Crippen LogP contribution in [0.15, 0.2) is 58.6 Å². The largest absolute Gasteiger partial charge is 0.411 e. The van der Waals surface area contributed by atoms with Gasteiger partial charge in [0.05, 0.1) is 11.1 Å². The van der Waals surface area contributed by atoms with E-state index >= 15 is 0 Å². The number of hydrogen-bond acceptors (Lipinski definition) is 8. The highest BCUT2D eigenvalue weighted by Crippen LogP contribution is 2.51. The van der Waals surface area contributed by atoms with Crippen LogP contribution in [0.25, 0.3) is 0 Å². The van der Waals surface area contributed by atoms with Crippen molar-refractivity contribution in [1.29, 1.82) is 0 Å². The van der Waals surface area contributed by atoms with Crippen molar-refractivity contribution in [3.8, 4) is 0 Å². The molecule has 1 amide bonds. The molecule has 9 nitrogen and oxygen atoms in total. The van der Waals surface area contributed by atoms with E-state index < -0.39 is 26.9 Å². The van der Waals surface area contributed by atoms with Crippen LogP contribution in [0.4, 0.5) is 0 Å². The molecule has 11 heteroatoms. The van der Waals surface area contributed by atoms with Crippen LogP contribution >= 0.6 is 11.8 Å². The van der Waals surface area contributed by atoms with Crippen LogP contribution in [-0.2, 0) is 14.9 Å². The summed E-state index contributed by atoms with van der Waals surface area (Å²) in [6, 6.07) is 11.8. The quantitative estimate of drug-likeness (QED) is 0.147. The van der Waals surface area contributed by atoms with Crippen molar-refractivity contribution < 1.29 is 27.8 Å². The van der Waals surface area contributed by atoms with Gasteiger partial charge in [-0.15, -0.1) is 11.8 Å². The molecule has 33 heavy (non-hydrogen) atoms. The lowest BCUT2D eigenvalue weighted by atomic mass is 9.88. The summed E-state index contributed by atoms with van der Waals surface area (Å²) in [5.74, 6) is -0.342. The number of carbonyl (C=O) groups excluding carboxylic acids is 2. The molecule has 3 atom stereocenters. The van der Waals surface area contributed by atoms with E-state index in [-0.39, 0.29) is 22.0 Å². The van der Waals surface area contributed by atoms with Gasteiger partial charge in [0.25, 0.3) is 10.1 Å². The Labute approximate surface area is 196 Å². The van der Waals surface area contributed by atoms with E-state index in [1.54, 1.807) is 53.1 Å². The number of hydrogen-bond donors (Lipinski definition) is 3. The first-order chi connectivity index (χ1) is 15.4. The molecule has 2 saturated heterocycles. The van der Waals surface area contributed by atoms with Gasteiger partial charge in [-0.1, -0.05) is 47.1 Å². The van der Waals surface area contributed by atoms with E-state index in [0.717, 1.165) is 5.56 Å². The summed E-state index contributed by atoms with van der Waals surface area (Å²) >= 11 is 1.56. The minimum Gasteiger partial charge on any atom is -0.411 e. The molecule has 2 heterocycles. The third kappa shape index (κ3) is 4.96. The number of thioether (sulfide) groups is 1. The second-order valence-electron chi connectivity index (χ2n) is 8.27. The van der Waals surface area contributed by atoms with Crippen molar-refractivity contribution >= 4 is 39.8 Å². The highest BCUT2D eigenvalue weighted by atomic mass is 32.2. The highest BCUT2D eigenvalue weighted by Gasteiger charge is 2.62. The van der Waals surface area contributed by atoms with Crippen LogP contribution in [0.5, 0.6) is 0 Å². The second kappa shape index (κ2) is 9.26. The van der Waals surface area contributed by atoms with Gasteiger partial charge in [0.2, 0.25) is 5.91 Å². The predicted octanol–water partition coefficient (Wildman–Crippen LogP) is 2.31. The molecule has 2 aliphatic rings. The van der Waals surface area contributed by atoms with E-state index in [1.807, 2.05) is 20.8 Å². The Morgan fingerprint density at radius 1 is 1.18 bits per heavy atom. The molecule has 2 aliphatic heterocycles. The Morgan fingerprint density at radius 2 is 1.79 bits per heavy atom. The normalized spacial score (nSPS) is 23.5. The number of benzene rings is 2. The average Bonchev–Trinajstić information content (AvgIpc) is 3.02. The first-order valence-corrected chi connectivity index (χ1v) is 12.3. The summed E-state index contributed by atoms with van der Waals surface area (Å²) < 4.78 is 29.1. The van der Waals surface area contributed by atoms with Crippen molar-refractivity contribution in [2.75, 3.05) is 0 Å². The average molecular weight is 492 g/mol. The van der Waals surface area contributed by atoms with E-state index in [1.165, 1.54) is 18.3 Å². The van der Waals surface area contributed by atoms with Gasteiger partial charge in [0, 0.05) is 15.9 Å². The molecule has 2 aromatic rings. The summed E-state index contributed by atoms with van der Waals surface area (Å²) in [6.07, 6.45) is 1.23. The maximum absolute atomic E-state index is 13.0. The molecule has 0 bridgehead atoms. The smallest absolute Gasteiger partial charge is 0.294 e. The number of aryl methyl sites for hydroxylation is 1. The highest BCUT2D eigenvalue weighted by molar-refractivity contribution is 8.01. The van der Waals surface area contributed by atoms with Gasteiger partial charge in [-0.05, 0) is 32.9 Å². The van der Waals surface area contributed by atoms with E-state index in [2.05, 4.69) is 5.16 Å². The Hall–Kier alpha value is -2.73. The van der Waals surface area contributed by atoms with E-state index in [0.29, 0.717) is 11.1 Å². The number of fused-ring (bicyclic) bond motifs is 1. The lowest BCUT2D eigenvalue weighted by Crippen LogP contribution is -2.68. The zero-order valence-corrected chi connectivity index (χ0v) is 19.9. The van der Waals surface area contributed by atoms with Gasteiger partial charge < -0.3 is 15.8 Å². The zero-order valence-electron chi connectivity index (χ0n) is 18.2. The first-order valence-electron chi connectivity index (χ1n) is 9.99. The van der Waals surface area contributed by atoms with Crippen LogP contribution in [0.2, 0.25) is 0 Å². The molecule has 0 aliphatic carbocycles. The third-order valence-electron chi connectivity index (χ3n) is 5.47. The number of carbonyl (C=O) groups is 2. The summed E-state index contributed by atoms with van der Waals surface area (Å²) in [4.78, 5) is 26.6. The van der Waals surface area contributed by atoms with Crippen LogP contribution in [-0.4, -0.2) is 63.2 Å². The van der Waals surface area contributed by atoms with Crippen LogP contribution in [0.1, 0.15) is 35.3 Å². The standard InChI is InChI=1S/C15H17N3O3S.C7H8O3S/c1-15(2)12(18-13(20)10(16)14(18)22-15)11(19)9-6-4-3-5-8(9)7-17-21;1-6-2-4-7(5-3-6)11(8,9)10/h3-7,10,12,14,21H,16H2,1-2H3;2-5H,1H3,(H,8,9,10)/t10-,12+,14-;/m1./s1. The van der Waals surface area contributed by atoms with Crippen molar-refractivity contribution in [2.45, 2.75) is 47.9 Å². The van der Waals surface area contributed by atoms with Gasteiger partial charge in [0.1, 0.15) is 17.5 Å². The molecule has 0 saturated carbocycles. The summed E-state index contributed by atoms with van der Waals surface area (Å²) in [7, 11) is -4.02. The number of nitrogens with two attached hydrogens (primary N) is 1. The predicted molar refractivity (Wildman–Crippen MR) is 125 cm³/mol. The maximum atomic E-state index is 13.0. The molecular weight excluding hydrogens is 466 g/mol. The molecule has 2 aromatic carbocycles. The number of nitrogens with zero attached hydrogens (tertiary/aromatic N) is 2. The molecule has 4 rings (SSSR count). The second-order valence-corrected chi connectivity index (χ2v) is 11.5. The summed E-state index contributed by atoms with van der Waals surface area (Å²) in [6.45, 7) is 5.73. The summed E-state index contributed by atoms with van der Waals surface area (Å²) in [5, 5.41) is 11.6. The van der Waals surface area contributed by atoms with Crippen molar-refractivity contribution in [2.24, 2.45) is 10.9 Å². The van der Waals surface area contributed by atoms with E-state index in [9.17, 15) is 18.0 Å². The van der Waals surface area contributed by atoms with Crippen LogP contribution in [0, 0.1) is 6.92 Å². The van der Waals surface area contributed by atoms with Crippen molar-refractivity contribution in [3.63, 3.8) is 0 Å². The Morgan fingerprint density at radius 3 is 2.36 bits per heavy atom. The monoisotopic (exact) mass is 491 g/mol. The minimum atomic E-state index is -4.02. The number of oxime groups is 1. The van der Waals surface area contributed by atoms with Gasteiger partial charge in [0.15, 0.2) is 5.78 Å². The molecule has 0 aromatic heterocycles. The first kappa shape index (κ1) is 24.9. The van der Waals surface area contributed by atoms with Gasteiger partial charge >= 0.3 is 0 Å². The van der Waals surface area contributed by atoms with Gasteiger partial charge in [-0.3, -0.25) is 14.1 Å². The van der Waals surface area contributed by atoms with Gasteiger partial charge in [-0.25, -0.2) is 0 Å². The van der Waals surface area contributed by atoms with Crippen LogP contribution < -0.4 is 5.73 Å². The Bertz CT molecular complexity index is 1190. The molecule has 0 radical (unpaired) electrons. The summed E-state index contributed by atoms with van der Waals surface area (Å²) in [5.41, 5.74) is 7.75. The number of β-lactam (4-membered cyclic amide) rings is 1. The number of rotatable bonds is 4. The van der Waals surface area contributed by atoms with Crippen molar-refractivity contribution in [1.82, 2.24) is 4.90 Å². The lowest BCUT2D eigenvalue weighted by Gasteiger charge is -2.42. The molecule has 176 valence electrons. The molecule has 0 spiro atoms. The maximum Gasteiger partial charge on any atom is 0.294 e. The number of Topliss-reactive ketones (excluding diaryl/α,β-unsaturated/α-hetero) is 1. The molecule has 0 unspecified atom stereocenters. The minimum absolute atomic E-state index is 0.0666. The van der Waals surface area contributed by atoms with Crippen LogP contribution in [0.3, 0.4) is 0 Å². The molecular formula is C22H25N3O6S2. The SMILES string of the molecule is CC1(C)S[C@@H]2[C@H](N)C(=O)N2[C@H]1C(=O)c1ccccc1C=NO.Cc1ccc(S(=O)(=O)O)cc1. The van der Waals surface area contributed by atoms with E-state index in [4.69, 9.17) is 15.5 Å².